The van der Waals surface area contributed by atoms with Crippen LogP contribution in [0.15, 0.2) is 24.5 Å². The summed E-state index contributed by atoms with van der Waals surface area (Å²) in [6.45, 7) is 0.878. The van der Waals surface area contributed by atoms with Crippen molar-refractivity contribution in [1.82, 2.24) is 10.3 Å². The van der Waals surface area contributed by atoms with E-state index in [1.807, 2.05) is 18.5 Å². The van der Waals surface area contributed by atoms with Gasteiger partial charge in [-0.2, -0.15) is 0 Å². The molecule has 4 aliphatic rings. The molecule has 0 spiro atoms. The van der Waals surface area contributed by atoms with E-state index < -0.39 is 0 Å². The lowest BCUT2D eigenvalue weighted by molar-refractivity contribution is -0.142. The van der Waals surface area contributed by atoms with E-state index in [9.17, 15) is 5.11 Å². The molecule has 102 valence electrons. The molecule has 5 rings (SSSR count). The minimum absolute atomic E-state index is 0.189. The largest absolute Gasteiger partial charge is 0.390 e. The third kappa shape index (κ3) is 2.09. The highest BCUT2D eigenvalue weighted by molar-refractivity contribution is 5.14. The summed E-state index contributed by atoms with van der Waals surface area (Å²) in [5.41, 5.74) is 1.06. The van der Waals surface area contributed by atoms with Crippen LogP contribution in [0.1, 0.15) is 44.1 Å². The van der Waals surface area contributed by atoms with Gasteiger partial charge in [-0.3, -0.25) is 4.98 Å². The molecular formula is C16H22N2O. The molecule has 4 saturated carbocycles. The monoisotopic (exact) mass is 258 g/mol. The Hall–Kier alpha value is -0.930. The molecular weight excluding hydrogens is 236 g/mol. The molecule has 3 nitrogen and oxygen atoms in total. The van der Waals surface area contributed by atoms with Gasteiger partial charge in [0.15, 0.2) is 0 Å². The van der Waals surface area contributed by atoms with Gasteiger partial charge in [-0.05, 0) is 62.0 Å². The lowest BCUT2D eigenvalue weighted by Gasteiger charge is -2.60. The van der Waals surface area contributed by atoms with Crippen LogP contribution in [0.2, 0.25) is 0 Å². The summed E-state index contributed by atoms with van der Waals surface area (Å²) in [7, 11) is 0. The van der Waals surface area contributed by atoms with Gasteiger partial charge in [0.2, 0.25) is 0 Å². The minimum Gasteiger partial charge on any atom is -0.390 e. The molecule has 0 aromatic carbocycles. The van der Waals surface area contributed by atoms with Crippen molar-refractivity contribution in [3.8, 4) is 0 Å². The first-order valence-corrected chi connectivity index (χ1v) is 7.51. The Balaban J connectivity index is 1.51. The Morgan fingerprint density at radius 3 is 2.68 bits per heavy atom. The topological polar surface area (TPSA) is 45.1 Å². The quantitative estimate of drug-likeness (QED) is 0.874. The molecule has 4 aliphatic carbocycles. The van der Waals surface area contributed by atoms with Crippen molar-refractivity contribution < 1.29 is 5.11 Å². The van der Waals surface area contributed by atoms with Crippen molar-refractivity contribution in [2.45, 2.75) is 56.2 Å². The highest BCUT2D eigenvalue weighted by Gasteiger charge is 2.56. The summed E-state index contributed by atoms with van der Waals surface area (Å²) in [6.07, 6.45) is 10.6. The van der Waals surface area contributed by atoms with E-state index in [-0.39, 0.29) is 11.1 Å². The van der Waals surface area contributed by atoms with Crippen LogP contribution in [0.5, 0.6) is 0 Å². The number of nitrogens with zero attached hydrogens (tertiary/aromatic N) is 1. The van der Waals surface area contributed by atoms with Crippen LogP contribution in [-0.4, -0.2) is 21.2 Å². The fourth-order valence-corrected chi connectivity index (χ4v) is 5.21. The lowest BCUT2D eigenvalue weighted by Crippen LogP contribution is -2.64. The summed E-state index contributed by atoms with van der Waals surface area (Å²) >= 11 is 0. The Morgan fingerprint density at radius 2 is 2.05 bits per heavy atom. The fourth-order valence-electron chi connectivity index (χ4n) is 5.21. The predicted molar refractivity (Wildman–Crippen MR) is 73.4 cm³/mol. The second-order valence-corrected chi connectivity index (χ2v) is 7.18. The first-order chi connectivity index (χ1) is 9.15. The highest BCUT2D eigenvalue weighted by atomic mass is 16.3. The van der Waals surface area contributed by atoms with Crippen LogP contribution in [0.4, 0.5) is 0 Å². The normalized spacial score (nSPS) is 43.6. The molecule has 1 aromatic rings. The predicted octanol–water partition coefficient (Wildman–Crippen LogP) is 2.25. The summed E-state index contributed by atoms with van der Waals surface area (Å²) in [5.74, 6) is 1.49. The number of aliphatic hydroxyl groups is 1. The molecule has 4 atom stereocenters. The van der Waals surface area contributed by atoms with Crippen LogP contribution in [0, 0.1) is 11.8 Å². The molecule has 0 radical (unpaired) electrons. The smallest absolute Gasteiger partial charge is 0.0670 e. The van der Waals surface area contributed by atoms with E-state index in [4.69, 9.17) is 0 Å². The summed E-state index contributed by atoms with van der Waals surface area (Å²) in [5, 5.41) is 14.5. The number of hydrogen-bond donors (Lipinski definition) is 2. The third-order valence-corrected chi connectivity index (χ3v) is 5.42. The summed E-state index contributed by atoms with van der Waals surface area (Å²) in [4.78, 5) is 4.17. The highest BCUT2D eigenvalue weighted by Crippen LogP contribution is 2.57. The standard InChI is InChI=1S/C16H22N2O/c19-16-7-13-4-14(8-16)6-15(5-13,11-16)18-10-12-2-1-3-17-9-12/h1-3,9,13-14,18-19H,4-8,10-11H2/t13-,14+,15?,16?. The van der Waals surface area contributed by atoms with Crippen molar-refractivity contribution in [2.24, 2.45) is 11.8 Å². The minimum atomic E-state index is -0.369. The van der Waals surface area contributed by atoms with Crippen LogP contribution < -0.4 is 5.32 Å². The van der Waals surface area contributed by atoms with Gasteiger partial charge in [0.05, 0.1) is 5.60 Å². The van der Waals surface area contributed by atoms with Crippen molar-refractivity contribution in [1.29, 1.82) is 0 Å². The molecule has 19 heavy (non-hydrogen) atoms. The molecule has 3 heteroatoms. The van der Waals surface area contributed by atoms with Crippen LogP contribution >= 0.6 is 0 Å². The van der Waals surface area contributed by atoms with E-state index in [1.54, 1.807) is 0 Å². The first-order valence-electron chi connectivity index (χ1n) is 7.51. The summed E-state index contributed by atoms with van der Waals surface area (Å²) in [6, 6.07) is 4.11. The van der Waals surface area contributed by atoms with Crippen molar-refractivity contribution >= 4 is 0 Å². The molecule has 1 aromatic heterocycles. The molecule has 4 bridgehead atoms. The Kier molecular flexibility index (Phi) is 2.52. The number of rotatable bonds is 3. The molecule has 2 N–H and O–H groups in total. The Morgan fingerprint density at radius 1 is 1.26 bits per heavy atom. The zero-order valence-electron chi connectivity index (χ0n) is 11.3. The van der Waals surface area contributed by atoms with Crippen LogP contribution in [0.25, 0.3) is 0 Å². The molecule has 0 amide bonds. The molecule has 1 heterocycles. The van der Waals surface area contributed by atoms with Gasteiger partial charge in [-0.1, -0.05) is 6.07 Å². The van der Waals surface area contributed by atoms with Crippen molar-refractivity contribution in [3.05, 3.63) is 30.1 Å². The second kappa shape index (κ2) is 4.03. The first kappa shape index (κ1) is 11.9. The third-order valence-electron chi connectivity index (χ3n) is 5.42. The number of hydrogen-bond acceptors (Lipinski definition) is 3. The van der Waals surface area contributed by atoms with Crippen molar-refractivity contribution in [3.63, 3.8) is 0 Å². The van der Waals surface area contributed by atoms with E-state index >= 15 is 0 Å². The van der Waals surface area contributed by atoms with E-state index in [2.05, 4.69) is 16.4 Å². The van der Waals surface area contributed by atoms with Crippen molar-refractivity contribution in [2.75, 3.05) is 0 Å². The van der Waals surface area contributed by atoms with E-state index in [0.29, 0.717) is 0 Å². The van der Waals surface area contributed by atoms with E-state index in [0.717, 1.165) is 37.6 Å². The van der Waals surface area contributed by atoms with Gasteiger partial charge in [0.1, 0.15) is 0 Å². The van der Waals surface area contributed by atoms with Gasteiger partial charge in [-0.15, -0.1) is 0 Å². The molecule has 2 unspecified atom stereocenters. The number of nitrogens with one attached hydrogen (secondary N) is 1. The van der Waals surface area contributed by atoms with Crippen LogP contribution in [0.3, 0.4) is 0 Å². The van der Waals surface area contributed by atoms with Gasteiger partial charge in [0.25, 0.3) is 0 Å². The Bertz CT molecular complexity index is 459. The summed E-state index contributed by atoms with van der Waals surface area (Å²) < 4.78 is 0. The Labute approximate surface area is 114 Å². The number of pyridine rings is 1. The van der Waals surface area contributed by atoms with Gasteiger partial charge < -0.3 is 10.4 Å². The van der Waals surface area contributed by atoms with Crippen LogP contribution in [-0.2, 0) is 6.54 Å². The zero-order valence-corrected chi connectivity index (χ0v) is 11.3. The molecule has 0 aliphatic heterocycles. The van der Waals surface area contributed by atoms with Gasteiger partial charge >= 0.3 is 0 Å². The SMILES string of the molecule is OC12C[C@H]3C[C@@H](C1)CC(NCc1cccnc1)(C3)C2. The van der Waals surface area contributed by atoms with E-state index in [1.165, 1.54) is 24.8 Å². The second-order valence-electron chi connectivity index (χ2n) is 7.18. The average molecular weight is 258 g/mol. The molecule has 0 saturated heterocycles. The maximum absolute atomic E-state index is 10.7. The fraction of sp³-hybridized carbons (Fsp3) is 0.688. The molecule has 4 fully saturated rings. The number of aromatic nitrogens is 1. The zero-order chi connectivity index (χ0) is 12.9. The maximum atomic E-state index is 10.7. The lowest BCUT2D eigenvalue weighted by atomic mass is 9.51. The van der Waals surface area contributed by atoms with Gasteiger partial charge in [0, 0.05) is 24.5 Å². The van der Waals surface area contributed by atoms with Gasteiger partial charge in [-0.25, -0.2) is 0 Å². The average Bonchev–Trinajstić information content (AvgIpc) is 2.35. The maximum Gasteiger partial charge on any atom is 0.0670 e.